The molecule has 1 amide bonds. The lowest BCUT2D eigenvalue weighted by atomic mass is 10.2. The van der Waals surface area contributed by atoms with Gasteiger partial charge in [-0.25, -0.2) is 0 Å². The number of nitrogens with zero attached hydrogens (tertiary/aromatic N) is 4. The summed E-state index contributed by atoms with van der Waals surface area (Å²) in [5, 5.41) is 10.9. The van der Waals surface area contributed by atoms with Crippen LogP contribution >= 0.6 is 11.8 Å². The molecular weight excluding hydrogens is 391 g/mol. The Hall–Kier alpha value is -2.07. The van der Waals surface area contributed by atoms with Crippen molar-refractivity contribution in [2.45, 2.75) is 37.3 Å². The number of alkyl halides is 3. The highest BCUT2D eigenvalue weighted by Gasteiger charge is 2.27. The minimum atomic E-state index is -4.42. The number of amides is 1. The molecule has 0 atom stereocenters. The van der Waals surface area contributed by atoms with Gasteiger partial charge in [0.25, 0.3) is 0 Å². The smallest absolute Gasteiger partial charge is 0.346 e. The van der Waals surface area contributed by atoms with E-state index in [9.17, 15) is 18.0 Å². The highest BCUT2D eigenvalue weighted by Crippen LogP contribution is 2.21. The standard InChI is InChI=1S/C18H22F3N5OS/c19-18(20,21)13-22-16(27)12-28-17-24-23-15(11-25-8-4-5-9-25)26(17)10-14-6-2-1-3-7-14/h1-3,6-7H,4-5,8-13H2,(H,22,27). The van der Waals surface area contributed by atoms with Crippen molar-refractivity contribution in [3.8, 4) is 0 Å². The van der Waals surface area contributed by atoms with Crippen LogP contribution in [0.4, 0.5) is 13.2 Å². The highest BCUT2D eigenvalue weighted by molar-refractivity contribution is 7.99. The van der Waals surface area contributed by atoms with Gasteiger partial charge in [-0.15, -0.1) is 10.2 Å². The summed E-state index contributed by atoms with van der Waals surface area (Å²) in [6, 6.07) is 9.80. The number of nitrogens with one attached hydrogen (secondary N) is 1. The Balaban J connectivity index is 1.68. The maximum absolute atomic E-state index is 12.2. The van der Waals surface area contributed by atoms with Gasteiger partial charge in [0.05, 0.1) is 18.8 Å². The third-order valence-electron chi connectivity index (χ3n) is 4.36. The van der Waals surface area contributed by atoms with Gasteiger partial charge in [0.15, 0.2) is 5.16 Å². The molecule has 1 fully saturated rings. The molecule has 3 rings (SSSR count). The molecule has 2 aromatic rings. The zero-order valence-electron chi connectivity index (χ0n) is 15.3. The minimum Gasteiger partial charge on any atom is -0.346 e. The molecule has 152 valence electrons. The van der Waals surface area contributed by atoms with Gasteiger partial charge in [0, 0.05) is 0 Å². The number of halogens is 3. The maximum atomic E-state index is 12.2. The molecule has 28 heavy (non-hydrogen) atoms. The largest absolute Gasteiger partial charge is 0.405 e. The number of aromatic nitrogens is 3. The fourth-order valence-corrected chi connectivity index (χ4v) is 3.77. The molecule has 1 aliphatic heterocycles. The van der Waals surface area contributed by atoms with Gasteiger partial charge in [0.1, 0.15) is 12.4 Å². The Morgan fingerprint density at radius 3 is 2.50 bits per heavy atom. The van der Waals surface area contributed by atoms with Gasteiger partial charge < -0.3 is 9.88 Å². The molecule has 1 N–H and O–H groups in total. The molecule has 2 heterocycles. The third-order valence-corrected chi connectivity index (χ3v) is 5.33. The summed E-state index contributed by atoms with van der Waals surface area (Å²) < 4.78 is 38.6. The first-order valence-electron chi connectivity index (χ1n) is 9.05. The fraction of sp³-hybridized carbons (Fsp3) is 0.500. The zero-order chi connectivity index (χ0) is 20.0. The van der Waals surface area contributed by atoms with E-state index in [-0.39, 0.29) is 5.75 Å². The van der Waals surface area contributed by atoms with Crippen molar-refractivity contribution in [3.05, 3.63) is 41.7 Å². The van der Waals surface area contributed by atoms with E-state index in [0.29, 0.717) is 18.2 Å². The van der Waals surface area contributed by atoms with Gasteiger partial charge in [-0.2, -0.15) is 13.2 Å². The van der Waals surface area contributed by atoms with Crippen molar-refractivity contribution in [1.29, 1.82) is 0 Å². The Morgan fingerprint density at radius 1 is 1.11 bits per heavy atom. The lowest BCUT2D eigenvalue weighted by Gasteiger charge is -2.16. The van der Waals surface area contributed by atoms with Crippen LogP contribution in [0.3, 0.4) is 0 Å². The summed E-state index contributed by atoms with van der Waals surface area (Å²) in [5.74, 6) is -0.0335. The van der Waals surface area contributed by atoms with Gasteiger partial charge in [-0.05, 0) is 31.5 Å². The molecule has 1 saturated heterocycles. The first kappa shape index (κ1) is 20.7. The second-order valence-corrected chi connectivity index (χ2v) is 7.58. The van der Waals surface area contributed by atoms with Crippen LogP contribution < -0.4 is 5.32 Å². The molecule has 6 nitrogen and oxygen atoms in total. The fourth-order valence-electron chi connectivity index (χ4n) is 2.99. The molecule has 10 heteroatoms. The number of thioether (sulfide) groups is 1. The van der Waals surface area contributed by atoms with E-state index in [1.54, 1.807) is 0 Å². The van der Waals surface area contributed by atoms with E-state index in [2.05, 4.69) is 15.1 Å². The van der Waals surface area contributed by atoms with Crippen LogP contribution in [-0.4, -0.2) is 57.1 Å². The molecule has 0 bridgehead atoms. The van der Waals surface area contributed by atoms with Crippen molar-refractivity contribution < 1.29 is 18.0 Å². The van der Waals surface area contributed by atoms with E-state index in [1.165, 1.54) is 0 Å². The van der Waals surface area contributed by atoms with Gasteiger partial charge in [-0.1, -0.05) is 42.1 Å². The van der Waals surface area contributed by atoms with E-state index in [1.807, 2.05) is 40.2 Å². The Bertz CT molecular complexity index is 775. The highest BCUT2D eigenvalue weighted by atomic mass is 32.2. The first-order chi connectivity index (χ1) is 13.4. The second-order valence-electron chi connectivity index (χ2n) is 6.63. The van der Waals surface area contributed by atoms with Gasteiger partial charge in [-0.3, -0.25) is 9.69 Å². The summed E-state index contributed by atoms with van der Waals surface area (Å²) in [6.07, 6.45) is -2.10. The number of rotatable bonds is 8. The van der Waals surface area contributed by atoms with Crippen LogP contribution in [0.5, 0.6) is 0 Å². The molecule has 1 aromatic carbocycles. The molecular formula is C18H22F3N5OS. The quantitative estimate of drug-likeness (QED) is 0.675. The van der Waals surface area contributed by atoms with Crippen molar-refractivity contribution in [1.82, 2.24) is 25.0 Å². The molecule has 0 unspecified atom stereocenters. The van der Waals surface area contributed by atoms with Crippen LogP contribution in [0.2, 0.25) is 0 Å². The Morgan fingerprint density at radius 2 is 1.82 bits per heavy atom. The topological polar surface area (TPSA) is 63.1 Å². The lowest BCUT2D eigenvalue weighted by molar-refractivity contribution is -0.136. The average Bonchev–Trinajstić information content (AvgIpc) is 3.30. The van der Waals surface area contributed by atoms with E-state index >= 15 is 0 Å². The van der Waals surface area contributed by atoms with E-state index in [0.717, 1.165) is 49.1 Å². The average molecular weight is 413 g/mol. The lowest BCUT2D eigenvalue weighted by Crippen LogP contribution is -2.34. The number of carbonyl (C=O) groups excluding carboxylic acids is 1. The predicted octanol–water partition coefficient (Wildman–Crippen LogP) is 2.69. The Kier molecular flexibility index (Phi) is 6.95. The van der Waals surface area contributed by atoms with Crippen molar-refractivity contribution in [2.24, 2.45) is 0 Å². The summed E-state index contributed by atoms with van der Waals surface area (Å²) in [5.41, 5.74) is 1.06. The second kappa shape index (κ2) is 9.42. The zero-order valence-corrected chi connectivity index (χ0v) is 16.1. The summed E-state index contributed by atoms with van der Waals surface area (Å²) in [6.45, 7) is 1.91. The SMILES string of the molecule is O=C(CSc1nnc(CN2CCCC2)n1Cc1ccccc1)NCC(F)(F)F. The van der Waals surface area contributed by atoms with Crippen LogP contribution in [-0.2, 0) is 17.9 Å². The van der Waals surface area contributed by atoms with Gasteiger partial charge in [0.2, 0.25) is 5.91 Å². The monoisotopic (exact) mass is 413 g/mol. The molecule has 1 aromatic heterocycles. The predicted molar refractivity (Wildman–Crippen MR) is 99.9 cm³/mol. The maximum Gasteiger partial charge on any atom is 0.405 e. The number of benzene rings is 1. The number of hydrogen-bond donors (Lipinski definition) is 1. The first-order valence-corrected chi connectivity index (χ1v) is 10.0. The van der Waals surface area contributed by atoms with Crippen molar-refractivity contribution >= 4 is 17.7 Å². The molecule has 0 aliphatic carbocycles. The number of likely N-dealkylation sites (tertiary alicyclic amines) is 1. The van der Waals surface area contributed by atoms with E-state index < -0.39 is 18.6 Å². The molecule has 0 spiro atoms. The summed E-state index contributed by atoms with van der Waals surface area (Å²) in [7, 11) is 0. The summed E-state index contributed by atoms with van der Waals surface area (Å²) in [4.78, 5) is 14.0. The van der Waals surface area contributed by atoms with Gasteiger partial charge >= 0.3 is 6.18 Å². The number of hydrogen-bond acceptors (Lipinski definition) is 5. The summed E-state index contributed by atoms with van der Waals surface area (Å²) >= 11 is 1.10. The van der Waals surface area contributed by atoms with Crippen LogP contribution in [0.25, 0.3) is 0 Å². The van der Waals surface area contributed by atoms with E-state index in [4.69, 9.17) is 0 Å². The van der Waals surface area contributed by atoms with Crippen molar-refractivity contribution in [2.75, 3.05) is 25.4 Å². The minimum absolute atomic E-state index is 0.146. The van der Waals surface area contributed by atoms with Crippen LogP contribution in [0.1, 0.15) is 24.2 Å². The number of carbonyl (C=O) groups is 1. The Labute approximate surface area is 165 Å². The normalized spacial score (nSPS) is 15.1. The van der Waals surface area contributed by atoms with Crippen LogP contribution in [0.15, 0.2) is 35.5 Å². The third kappa shape index (κ3) is 6.23. The molecule has 0 saturated carbocycles. The van der Waals surface area contributed by atoms with Crippen molar-refractivity contribution in [3.63, 3.8) is 0 Å². The molecule has 0 radical (unpaired) electrons. The molecule has 1 aliphatic rings. The van der Waals surface area contributed by atoms with Crippen LogP contribution in [0, 0.1) is 0 Å².